The molecule has 0 saturated heterocycles. The van der Waals surface area contributed by atoms with E-state index >= 15 is 0 Å². The maximum Gasteiger partial charge on any atom is 0.325 e. The minimum atomic E-state index is -0.501. The number of carbonyl (C=O) groups excluding carboxylic acids is 1. The van der Waals surface area contributed by atoms with E-state index in [1.807, 2.05) is 42.5 Å². The molecule has 3 nitrogen and oxygen atoms in total. The van der Waals surface area contributed by atoms with Gasteiger partial charge in [0, 0.05) is 16.9 Å². The number of methoxy groups -OCH3 is 1. The number of amides is 1. The van der Waals surface area contributed by atoms with Crippen LogP contribution in [0.15, 0.2) is 52.3 Å². The number of ether oxygens (including phenoxy) is 1. The first-order valence-corrected chi connectivity index (χ1v) is 7.28. The van der Waals surface area contributed by atoms with Crippen molar-refractivity contribution < 1.29 is 9.53 Å². The lowest BCUT2D eigenvalue weighted by Gasteiger charge is -2.29. The Morgan fingerprint density at radius 1 is 1.20 bits per heavy atom. The topological polar surface area (TPSA) is 29.5 Å². The van der Waals surface area contributed by atoms with E-state index in [4.69, 9.17) is 16.3 Å². The Bertz CT molecular complexity index is 675. The fraction of sp³-hybridized carbons (Fsp3) is 0.133. The quantitative estimate of drug-likeness (QED) is 0.590. The highest BCUT2D eigenvalue weighted by molar-refractivity contribution is 7.99. The largest absolute Gasteiger partial charge is 0.380 e. The Labute approximate surface area is 126 Å². The maximum atomic E-state index is 11.8. The molecule has 0 fully saturated rings. The van der Waals surface area contributed by atoms with Crippen LogP contribution < -0.4 is 4.90 Å². The highest BCUT2D eigenvalue weighted by Crippen LogP contribution is 2.48. The van der Waals surface area contributed by atoms with Crippen molar-refractivity contribution in [1.82, 2.24) is 0 Å². The van der Waals surface area contributed by atoms with E-state index in [0.717, 1.165) is 26.7 Å². The van der Waals surface area contributed by atoms with Crippen LogP contribution in [0, 0.1) is 0 Å². The third kappa shape index (κ3) is 2.30. The lowest BCUT2D eigenvalue weighted by atomic mass is 10.2. The zero-order valence-corrected chi connectivity index (χ0v) is 12.4. The molecule has 0 aliphatic carbocycles. The molecule has 0 spiro atoms. The number of fused-ring (bicyclic) bond motifs is 2. The molecular weight excluding hydrogens is 294 g/mol. The van der Waals surface area contributed by atoms with Gasteiger partial charge in [-0.1, -0.05) is 30.0 Å². The summed E-state index contributed by atoms with van der Waals surface area (Å²) in [4.78, 5) is 15.4. The molecule has 0 radical (unpaired) electrons. The van der Waals surface area contributed by atoms with Crippen LogP contribution in [0.3, 0.4) is 0 Å². The molecule has 0 saturated carbocycles. The zero-order chi connectivity index (χ0) is 14.1. The van der Waals surface area contributed by atoms with Crippen molar-refractivity contribution in [1.29, 1.82) is 0 Å². The summed E-state index contributed by atoms with van der Waals surface area (Å²) in [7, 11) is 1.66. The first kappa shape index (κ1) is 13.5. The number of benzene rings is 2. The smallest absolute Gasteiger partial charge is 0.325 e. The van der Waals surface area contributed by atoms with Crippen LogP contribution in [-0.2, 0) is 11.3 Å². The summed E-state index contributed by atoms with van der Waals surface area (Å²) >= 11 is 7.40. The number of hydrogen-bond acceptors (Lipinski definition) is 3. The summed E-state index contributed by atoms with van der Waals surface area (Å²) in [6.07, 6.45) is 0. The van der Waals surface area contributed by atoms with E-state index in [9.17, 15) is 4.79 Å². The second kappa shape index (κ2) is 5.48. The number of halogens is 1. The Morgan fingerprint density at radius 2 is 1.95 bits per heavy atom. The van der Waals surface area contributed by atoms with Crippen molar-refractivity contribution in [2.75, 3.05) is 12.0 Å². The lowest BCUT2D eigenvalue weighted by molar-refractivity contribution is 0.184. The number of rotatable bonds is 2. The molecule has 3 rings (SSSR count). The molecule has 0 atom stereocenters. The molecule has 1 aliphatic rings. The summed E-state index contributed by atoms with van der Waals surface area (Å²) in [6.45, 7) is 0.546. The summed E-state index contributed by atoms with van der Waals surface area (Å²) in [5.41, 5.74) is 2.71. The molecule has 20 heavy (non-hydrogen) atoms. The average Bonchev–Trinajstić information content (AvgIpc) is 2.44. The Balaban J connectivity index is 2.12. The minimum absolute atomic E-state index is 0.501. The van der Waals surface area contributed by atoms with Crippen LogP contribution in [0.1, 0.15) is 5.56 Å². The molecule has 1 heterocycles. The molecular formula is C15H12ClNO2S. The number of para-hydroxylation sites is 1. The van der Waals surface area contributed by atoms with Gasteiger partial charge >= 0.3 is 5.37 Å². The van der Waals surface area contributed by atoms with E-state index in [1.54, 1.807) is 23.8 Å². The maximum absolute atomic E-state index is 11.8. The Kier molecular flexibility index (Phi) is 3.70. The Hall–Kier alpha value is -1.49. The van der Waals surface area contributed by atoms with Crippen molar-refractivity contribution in [3.05, 3.63) is 48.0 Å². The van der Waals surface area contributed by atoms with Gasteiger partial charge < -0.3 is 4.74 Å². The highest BCUT2D eigenvalue weighted by atomic mass is 35.5. The predicted molar refractivity (Wildman–Crippen MR) is 81.1 cm³/mol. The number of hydrogen-bond donors (Lipinski definition) is 0. The van der Waals surface area contributed by atoms with Crippen LogP contribution in [0.4, 0.5) is 16.2 Å². The third-order valence-electron chi connectivity index (χ3n) is 3.08. The molecule has 1 amide bonds. The van der Waals surface area contributed by atoms with E-state index < -0.39 is 5.37 Å². The SMILES string of the molecule is COCc1ccc2c(c1)Sc1ccccc1N2C(=O)Cl. The summed E-state index contributed by atoms with van der Waals surface area (Å²) < 4.78 is 5.15. The number of carbonyl (C=O) groups is 1. The molecule has 2 aromatic rings. The molecule has 1 aliphatic heterocycles. The van der Waals surface area contributed by atoms with Gasteiger partial charge in [0.1, 0.15) is 0 Å². The fourth-order valence-corrected chi connectivity index (χ4v) is 3.55. The monoisotopic (exact) mass is 305 g/mol. The van der Waals surface area contributed by atoms with Gasteiger partial charge in [0.2, 0.25) is 0 Å². The van der Waals surface area contributed by atoms with Gasteiger partial charge in [0.25, 0.3) is 0 Å². The van der Waals surface area contributed by atoms with E-state index in [0.29, 0.717) is 6.61 Å². The van der Waals surface area contributed by atoms with Gasteiger partial charge in [-0.2, -0.15) is 0 Å². The van der Waals surface area contributed by atoms with Gasteiger partial charge in [0.05, 0.1) is 18.0 Å². The first-order valence-electron chi connectivity index (χ1n) is 6.09. The minimum Gasteiger partial charge on any atom is -0.380 e. The van der Waals surface area contributed by atoms with Crippen molar-refractivity contribution in [3.8, 4) is 0 Å². The second-order valence-electron chi connectivity index (χ2n) is 4.39. The summed E-state index contributed by atoms with van der Waals surface area (Å²) in [5.74, 6) is 0. The summed E-state index contributed by atoms with van der Waals surface area (Å²) in [6, 6.07) is 13.6. The van der Waals surface area contributed by atoms with Gasteiger partial charge in [-0.25, -0.2) is 0 Å². The lowest BCUT2D eigenvalue weighted by Crippen LogP contribution is -2.23. The van der Waals surface area contributed by atoms with Crippen LogP contribution in [0.2, 0.25) is 0 Å². The predicted octanol–water partition coefficient (Wildman–Crippen LogP) is 4.79. The van der Waals surface area contributed by atoms with E-state index in [1.165, 1.54) is 0 Å². The zero-order valence-electron chi connectivity index (χ0n) is 10.8. The molecule has 2 aromatic carbocycles. The van der Waals surface area contributed by atoms with E-state index in [2.05, 4.69) is 0 Å². The van der Waals surface area contributed by atoms with Crippen molar-refractivity contribution >= 4 is 40.1 Å². The summed E-state index contributed by atoms with van der Waals surface area (Å²) in [5, 5.41) is -0.501. The highest BCUT2D eigenvalue weighted by Gasteiger charge is 2.27. The average molecular weight is 306 g/mol. The molecule has 5 heteroatoms. The Morgan fingerprint density at radius 3 is 2.70 bits per heavy atom. The normalized spacial score (nSPS) is 12.8. The number of nitrogens with zero attached hydrogens (tertiary/aromatic N) is 1. The molecule has 0 aromatic heterocycles. The second-order valence-corrected chi connectivity index (χ2v) is 5.80. The molecule has 0 N–H and O–H groups in total. The molecule has 0 bridgehead atoms. The van der Waals surface area contributed by atoms with Crippen molar-refractivity contribution in [2.24, 2.45) is 0 Å². The van der Waals surface area contributed by atoms with E-state index in [-0.39, 0.29) is 0 Å². The van der Waals surface area contributed by atoms with Crippen LogP contribution in [0.25, 0.3) is 0 Å². The van der Waals surface area contributed by atoms with Gasteiger partial charge in [0.15, 0.2) is 0 Å². The van der Waals surface area contributed by atoms with Crippen LogP contribution >= 0.6 is 23.4 Å². The van der Waals surface area contributed by atoms with Gasteiger partial charge in [-0.15, -0.1) is 0 Å². The van der Waals surface area contributed by atoms with Crippen molar-refractivity contribution in [2.45, 2.75) is 16.4 Å². The standard InChI is InChI=1S/C15H12ClNO2S/c1-19-9-10-6-7-12-14(8-10)20-13-5-3-2-4-11(13)17(12)15(16)18/h2-8H,9H2,1H3. The van der Waals surface area contributed by atoms with Gasteiger partial charge in [-0.05, 0) is 41.4 Å². The van der Waals surface area contributed by atoms with Crippen molar-refractivity contribution in [3.63, 3.8) is 0 Å². The van der Waals surface area contributed by atoms with Crippen LogP contribution in [0.5, 0.6) is 0 Å². The molecule has 0 unspecified atom stereocenters. The fourth-order valence-electron chi connectivity index (χ4n) is 2.25. The molecule has 102 valence electrons. The van der Waals surface area contributed by atoms with Crippen LogP contribution in [-0.4, -0.2) is 12.5 Å². The number of anilines is 2. The van der Waals surface area contributed by atoms with Gasteiger partial charge in [-0.3, -0.25) is 9.69 Å². The third-order valence-corrected chi connectivity index (χ3v) is 4.36. The first-order chi connectivity index (χ1) is 9.70.